The minimum absolute atomic E-state index is 0.0470. The van der Waals surface area contributed by atoms with Crippen LogP contribution in [0.2, 0.25) is 0 Å². The minimum atomic E-state index is -3.25. The van der Waals surface area contributed by atoms with Gasteiger partial charge in [-0.25, -0.2) is 17.7 Å². The van der Waals surface area contributed by atoms with E-state index >= 15 is 0 Å². The summed E-state index contributed by atoms with van der Waals surface area (Å²) in [4.78, 5) is 7.91. The molecule has 0 bridgehead atoms. The molecule has 0 aromatic carbocycles. The SMILES string of the molecule is CCCOc1ncnc(NCCS(=O)(=O)N(C)C)c1N. The van der Waals surface area contributed by atoms with Crippen LogP contribution in [0.5, 0.6) is 5.88 Å². The summed E-state index contributed by atoms with van der Waals surface area (Å²) in [6.07, 6.45) is 2.16. The lowest BCUT2D eigenvalue weighted by atomic mass is 10.4. The molecule has 8 nitrogen and oxygen atoms in total. The molecule has 0 amide bonds. The number of nitrogens with one attached hydrogen (secondary N) is 1. The van der Waals surface area contributed by atoms with Crippen LogP contribution in [0, 0.1) is 0 Å². The van der Waals surface area contributed by atoms with Gasteiger partial charge in [0.2, 0.25) is 15.9 Å². The monoisotopic (exact) mass is 303 g/mol. The highest BCUT2D eigenvalue weighted by molar-refractivity contribution is 7.89. The number of sulfonamides is 1. The van der Waals surface area contributed by atoms with Gasteiger partial charge in [-0.1, -0.05) is 6.92 Å². The molecule has 0 atom stereocenters. The first-order valence-corrected chi connectivity index (χ1v) is 7.86. The topological polar surface area (TPSA) is 110 Å². The third kappa shape index (κ3) is 4.49. The van der Waals surface area contributed by atoms with Crippen molar-refractivity contribution in [1.82, 2.24) is 14.3 Å². The van der Waals surface area contributed by atoms with Crippen LogP contribution in [0.1, 0.15) is 13.3 Å². The molecule has 9 heteroatoms. The van der Waals surface area contributed by atoms with Crippen LogP contribution in [0.15, 0.2) is 6.33 Å². The van der Waals surface area contributed by atoms with E-state index in [0.717, 1.165) is 6.42 Å². The Labute approximate surface area is 119 Å². The number of ether oxygens (including phenoxy) is 1. The van der Waals surface area contributed by atoms with E-state index in [1.165, 1.54) is 24.7 Å². The molecule has 3 N–H and O–H groups in total. The van der Waals surface area contributed by atoms with Crippen LogP contribution in [-0.2, 0) is 10.0 Å². The number of nitrogens with two attached hydrogens (primary N) is 1. The summed E-state index contributed by atoms with van der Waals surface area (Å²) in [6, 6.07) is 0. The summed E-state index contributed by atoms with van der Waals surface area (Å²) in [5.74, 6) is 0.633. The Morgan fingerprint density at radius 1 is 1.40 bits per heavy atom. The van der Waals surface area contributed by atoms with Gasteiger partial charge in [0.15, 0.2) is 5.82 Å². The fourth-order valence-corrected chi connectivity index (χ4v) is 2.04. The Bertz CT molecular complexity index is 533. The highest BCUT2D eigenvalue weighted by atomic mass is 32.2. The van der Waals surface area contributed by atoms with Crippen molar-refractivity contribution in [3.8, 4) is 5.88 Å². The average molecular weight is 303 g/mol. The zero-order valence-corrected chi connectivity index (χ0v) is 12.8. The second kappa shape index (κ2) is 7.25. The molecular formula is C11H21N5O3S. The summed E-state index contributed by atoms with van der Waals surface area (Å²) < 4.78 is 29.8. The summed E-state index contributed by atoms with van der Waals surface area (Å²) in [5.41, 5.74) is 6.14. The van der Waals surface area contributed by atoms with Crippen molar-refractivity contribution in [2.24, 2.45) is 0 Å². The van der Waals surface area contributed by atoms with Crippen molar-refractivity contribution in [3.05, 3.63) is 6.33 Å². The molecule has 0 saturated heterocycles. The highest BCUT2D eigenvalue weighted by Crippen LogP contribution is 2.24. The average Bonchev–Trinajstić information content (AvgIpc) is 2.39. The molecule has 0 aliphatic carbocycles. The summed E-state index contributed by atoms with van der Waals surface area (Å²) in [5, 5.41) is 2.88. The molecule has 0 radical (unpaired) electrons. The molecule has 0 aliphatic rings. The van der Waals surface area contributed by atoms with Crippen LogP contribution in [0.3, 0.4) is 0 Å². The fourth-order valence-electron chi connectivity index (χ4n) is 1.32. The van der Waals surface area contributed by atoms with Crippen molar-refractivity contribution in [1.29, 1.82) is 0 Å². The van der Waals surface area contributed by atoms with Crippen molar-refractivity contribution >= 4 is 21.5 Å². The molecule has 0 spiro atoms. The predicted octanol–water partition coefficient (Wildman–Crippen LogP) is 0.151. The van der Waals surface area contributed by atoms with Gasteiger partial charge in [-0.3, -0.25) is 0 Å². The Hall–Kier alpha value is -1.61. The molecular weight excluding hydrogens is 282 g/mol. The maximum absolute atomic E-state index is 11.6. The van der Waals surface area contributed by atoms with Gasteiger partial charge in [-0.05, 0) is 6.42 Å². The number of anilines is 2. The highest BCUT2D eigenvalue weighted by Gasteiger charge is 2.14. The van der Waals surface area contributed by atoms with Gasteiger partial charge in [0.1, 0.15) is 12.0 Å². The number of nitrogens with zero attached hydrogens (tertiary/aromatic N) is 3. The lowest BCUT2D eigenvalue weighted by molar-refractivity contribution is 0.307. The lowest BCUT2D eigenvalue weighted by Crippen LogP contribution is -2.28. The van der Waals surface area contributed by atoms with E-state index in [1.807, 2.05) is 6.92 Å². The Balaban J connectivity index is 2.65. The Kier molecular flexibility index (Phi) is 5.96. The van der Waals surface area contributed by atoms with Crippen LogP contribution in [0.4, 0.5) is 11.5 Å². The third-order valence-corrected chi connectivity index (χ3v) is 4.33. The number of rotatable bonds is 8. The fraction of sp³-hybridized carbons (Fsp3) is 0.636. The standard InChI is InChI=1S/C11H21N5O3S/c1-4-6-19-11-9(12)10(14-8-15-11)13-5-7-20(17,18)16(2)3/h8H,4-7,12H2,1-3H3,(H,13,14,15). The van der Waals surface area contributed by atoms with Gasteiger partial charge >= 0.3 is 0 Å². The molecule has 0 aliphatic heterocycles. The summed E-state index contributed by atoms with van der Waals surface area (Å²) in [7, 11) is -0.268. The smallest absolute Gasteiger partial charge is 0.242 e. The van der Waals surface area contributed by atoms with E-state index in [0.29, 0.717) is 18.3 Å². The Morgan fingerprint density at radius 3 is 2.70 bits per heavy atom. The summed E-state index contributed by atoms with van der Waals surface area (Å²) in [6.45, 7) is 2.69. The molecule has 1 heterocycles. The minimum Gasteiger partial charge on any atom is -0.476 e. The number of aromatic nitrogens is 2. The van der Waals surface area contributed by atoms with E-state index < -0.39 is 10.0 Å². The molecule has 1 rings (SSSR count). The number of hydrogen-bond acceptors (Lipinski definition) is 7. The first-order chi connectivity index (χ1) is 9.38. The molecule has 0 saturated carbocycles. The number of hydrogen-bond donors (Lipinski definition) is 2. The third-order valence-electron chi connectivity index (χ3n) is 2.50. The second-order valence-electron chi connectivity index (χ2n) is 4.31. The van der Waals surface area contributed by atoms with Crippen molar-refractivity contribution in [2.75, 3.05) is 44.1 Å². The maximum Gasteiger partial charge on any atom is 0.242 e. The summed E-state index contributed by atoms with van der Waals surface area (Å²) >= 11 is 0. The van der Waals surface area contributed by atoms with Gasteiger partial charge in [0, 0.05) is 20.6 Å². The Morgan fingerprint density at radius 2 is 2.10 bits per heavy atom. The van der Waals surface area contributed by atoms with Crippen molar-refractivity contribution in [2.45, 2.75) is 13.3 Å². The second-order valence-corrected chi connectivity index (χ2v) is 6.62. The van der Waals surface area contributed by atoms with E-state index in [9.17, 15) is 8.42 Å². The molecule has 1 aromatic rings. The van der Waals surface area contributed by atoms with Crippen LogP contribution < -0.4 is 15.8 Å². The van der Waals surface area contributed by atoms with Crippen molar-refractivity contribution < 1.29 is 13.2 Å². The van der Waals surface area contributed by atoms with Crippen LogP contribution in [-0.4, -0.2) is 55.7 Å². The maximum atomic E-state index is 11.6. The van der Waals surface area contributed by atoms with Crippen LogP contribution >= 0.6 is 0 Å². The van der Waals surface area contributed by atoms with Gasteiger partial charge in [0.25, 0.3) is 0 Å². The largest absolute Gasteiger partial charge is 0.476 e. The van der Waals surface area contributed by atoms with Gasteiger partial charge < -0.3 is 15.8 Å². The molecule has 1 aromatic heterocycles. The van der Waals surface area contributed by atoms with E-state index in [2.05, 4.69) is 15.3 Å². The van der Waals surface area contributed by atoms with E-state index in [1.54, 1.807) is 0 Å². The zero-order valence-electron chi connectivity index (χ0n) is 12.0. The first-order valence-electron chi connectivity index (χ1n) is 6.25. The van der Waals surface area contributed by atoms with Crippen LogP contribution in [0.25, 0.3) is 0 Å². The van der Waals surface area contributed by atoms with Crippen molar-refractivity contribution in [3.63, 3.8) is 0 Å². The normalized spacial score (nSPS) is 11.6. The van der Waals surface area contributed by atoms with E-state index in [-0.39, 0.29) is 18.0 Å². The van der Waals surface area contributed by atoms with Gasteiger partial charge in [-0.15, -0.1) is 0 Å². The molecule has 0 unspecified atom stereocenters. The predicted molar refractivity (Wildman–Crippen MR) is 78.2 cm³/mol. The number of nitrogen functional groups attached to an aromatic ring is 1. The van der Waals surface area contributed by atoms with E-state index in [4.69, 9.17) is 10.5 Å². The lowest BCUT2D eigenvalue weighted by Gasteiger charge is -2.13. The van der Waals surface area contributed by atoms with Gasteiger partial charge in [-0.2, -0.15) is 4.98 Å². The molecule has 114 valence electrons. The first kappa shape index (κ1) is 16.4. The molecule has 0 fully saturated rings. The van der Waals surface area contributed by atoms with Gasteiger partial charge in [0.05, 0.1) is 12.4 Å². The molecule has 20 heavy (non-hydrogen) atoms. The quantitative estimate of drug-likeness (QED) is 0.703. The zero-order chi connectivity index (χ0) is 15.2.